The van der Waals surface area contributed by atoms with Crippen LogP contribution in [0.5, 0.6) is 0 Å². The van der Waals surface area contributed by atoms with Crippen molar-refractivity contribution in [1.82, 2.24) is 10.2 Å². The number of alkyl halides is 3. The molecule has 0 rings (SSSR count). The zero-order valence-electron chi connectivity index (χ0n) is 9.40. The summed E-state index contributed by atoms with van der Waals surface area (Å²) in [6.07, 6.45) is -4.13. The quantitative estimate of drug-likeness (QED) is 0.660. The van der Waals surface area contributed by atoms with E-state index in [1.165, 1.54) is 11.9 Å². The van der Waals surface area contributed by atoms with Gasteiger partial charge in [0, 0.05) is 26.2 Å². The van der Waals surface area contributed by atoms with Gasteiger partial charge < -0.3 is 10.1 Å². The van der Waals surface area contributed by atoms with Crippen LogP contribution in [0.25, 0.3) is 0 Å². The highest BCUT2D eigenvalue weighted by Gasteiger charge is 2.30. The van der Waals surface area contributed by atoms with Crippen molar-refractivity contribution in [3.63, 3.8) is 0 Å². The third-order valence-electron chi connectivity index (χ3n) is 2.10. The molecular weight excluding hydrogens is 209 g/mol. The molecule has 0 bridgehead atoms. The Morgan fingerprint density at radius 3 is 2.47 bits per heavy atom. The van der Waals surface area contributed by atoms with Crippen LogP contribution in [0.2, 0.25) is 0 Å². The monoisotopic (exact) mass is 228 g/mol. The van der Waals surface area contributed by atoms with Gasteiger partial charge in [-0.25, -0.2) is 0 Å². The van der Waals surface area contributed by atoms with Crippen molar-refractivity contribution in [2.24, 2.45) is 0 Å². The minimum Gasteiger partial charge on any atom is -0.383 e. The van der Waals surface area contributed by atoms with Gasteiger partial charge in [-0.15, -0.1) is 0 Å². The first-order chi connectivity index (χ1) is 6.87. The lowest BCUT2D eigenvalue weighted by Gasteiger charge is -2.25. The summed E-state index contributed by atoms with van der Waals surface area (Å²) in [5, 5.41) is 3.02. The molecule has 0 saturated heterocycles. The van der Waals surface area contributed by atoms with Crippen LogP contribution in [-0.2, 0) is 4.74 Å². The molecule has 1 atom stereocenters. The van der Waals surface area contributed by atoms with E-state index in [0.717, 1.165) is 0 Å². The Bertz CT molecular complexity index is 164. The second-order valence-corrected chi connectivity index (χ2v) is 3.58. The zero-order chi connectivity index (χ0) is 11.9. The van der Waals surface area contributed by atoms with Crippen molar-refractivity contribution in [3.8, 4) is 0 Å². The van der Waals surface area contributed by atoms with Gasteiger partial charge in [-0.05, 0) is 14.0 Å². The molecule has 1 N–H and O–H groups in total. The summed E-state index contributed by atoms with van der Waals surface area (Å²) in [6.45, 7) is 2.62. The summed E-state index contributed by atoms with van der Waals surface area (Å²) in [5.74, 6) is 0. The van der Waals surface area contributed by atoms with E-state index in [9.17, 15) is 13.2 Å². The van der Waals surface area contributed by atoms with E-state index < -0.39 is 12.7 Å². The summed E-state index contributed by atoms with van der Waals surface area (Å²) in [7, 11) is 3.05. The van der Waals surface area contributed by atoms with Gasteiger partial charge in [-0.2, -0.15) is 13.2 Å². The van der Waals surface area contributed by atoms with Crippen molar-refractivity contribution in [2.45, 2.75) is 19.1 Å². The second-order valence-electron chi connectivity index (χ2n) is 3.58. The van der Waals surface area contributed by atoms with E-state index in [1.807, 2.05) is 0 Å². The van der Waals surface area contributed by atoms with E-state index in [-0.39, 0.29) is 6.04 Å². The van der Waals surface area contributed by atoms with Crippen molar-refractivity contribution < 1.29 is 17.9 Å². The molecule has 6 heteroatoms. The molecule has 0 aromatic rings. The number of ether oxygens (including phenoxy) is 1. The first kappa shape index (κ1) is 14.7. The predicted octanol–water partition coefficient (Wildman–Crippen LogP) is 1.10. The largest absolute Gasteiger partial charge is 0.401 e. The van der Waals surface area contributed by atoms with Gasteiger partial charge in [0.1, 0.15) is 0 Å². The average molecular weight is 228 g/mol. The zero-order valence-corrected chi connectivity index (χ0v) is 9.40. The van der Waals surface area contributed by atoms with Crippen LogP contribution >= 0.6 is 0 Å². The first-order valence-electron chi connectivity index (χ1n) is 4.83. The Balaban J connectivity index is 3.65. The van der Waals surface area contributed by atoms with Gasteiger partial charge in [0.05, 0.1) is 13.2 Å². The fourth-order valence-electron chi connectivity index (χ4n) is 1.08. The molecule has 3 nitrogen and oxygen atoms in total. The van der Waals surface area contributed by atoms with E-state index >= 15 is 0 Å². The highest BCUT2D eigenvalue weighted by molar-refractivity contribution is 4.69. The minimum atomic E-state index is -4.13. The molecule has 0 spiro atoms. The van der Waals surface area contributed by atoms with Crippen LogP contribution in [0.4, 0.5) is 13.2 Å². The highest BCUT2D eigenvalue weighted by atomic mass is 19.4. The molecule has 0 aliphatic heterocycles. The third-order valence-corrected chi connectivity index (χ3v) is 2.10. The van der Waals surface area contributed by atoms with Gasteiger partial charge in [0.2, 0.25) is 0 Å². The molecule has 0 aliphatic rings. The summed E-state index contributed by atoms with van der Waals surface area (Å²) >= 11 is 0. The van der Waals surface area contributed by atoms with Crippen LogP contribution in [0, 0.1) is 0 Å². The van der Waals surface area contributed by atoms with E-state index in [4.69, 9.17) is 4.74 Å². The lowest BCUT2D eigenvalue weighted by molar-refractivity contribution is -0.146. The highest BCUT2D eigenvalue weighted by Crippen LogP contribution is 2.16. The molecule has 0 amide bonds. The predicted molar refractivity (Wildman–Crippen MR) is 52.9 cm³/mol. The van der Waals surface area contributed by atoms with Crippen LogP contribution in [0.1, 0.15) is 6.92 Å². The van der Waals surface area contributed by atoms with Crippen LogP contribution in [0.15, 0.2) is 0 Å². The Kier molecular flexibility index (Phi) is 6.87. The Hall–Kier alpha value is -0.330. The fraction of sp³-hybridized carbons (Fsp3) is 1.00. The average Bonchev–Trinajstić information content (AvgIpc) is 2.09. The molecule has 0 heterocycles. The van der Waals surface area contributed by atoms with Crippen LogP contribution < -0.4 is 5.32 Å². The number of methoxy groups -OCH3 is 1. The fourth-order valence-corrected chi connectivity index (χ4v) is 1.08. The maximum Gasteiger partial charge on any atom is 0.401 e. The van der Waals surface area contributed by atoms with Crippen molar-refractivity contribution >= 4 is 0 Å². The van der Waals surface area contributed by atoms with Gasteiger partial charge in [-0.3, -0.25) is 4.90 Å². The second kappa shape index (κ2) is 7.03. The summed E-state index contributed by atoms with van der Waals surface area (Å²) in [6, 6.07) is -0.150. The van der Waals surface area contributed by atoms with Gasteiger partial charge in [-0.1, -0.05) is 0 Å². The number of hydrogen-bond donors (Lipinski definition) is 1. The standard InChI is InChI=1S/C9H19F3N2O/c1-8(6-13-4-5-15-3)14(2)7-9(10,11)12/h8,13H,4-7H2,1-3H3. The molecule has 15 heavy (non-hydrogen) atoms. The summed E-state index contributed by atoms with van der Waals surface area (Å²) in [4.78, 5) is 1.28. The van der Waals surface area contributed by atoms with E-state index in [0.29, 0.717) is 19.7 Å². The smallest absolute Gasteiger partial charge is 0.383 e. The van der Waals surface area contributed by atoms with E-state index in [1.54, 1.807) is 14.0 Å². The minimum absolute atomic E-state index is 0.150. The van der Waals surface area contributed by atoms with Gasteiger partial charge >= 0.3 is 6.18 Å². The summed E-state index contributed by atoms with van der Waals surface area (Å²) < 4.78 is 40.9. The van der Waals surface area contributed by atoms with Crippen molar-refractivity contribution in [3.05, 3.63) is 0 Å². The Labute approximate surface area is 88.6 Å². The topological polar surface area (TPSA) is 24.5 Å². The number of nitrogens with zero attached hydrogens (tertiary/aromatic N) is 1. The first-order valence-corrected chi connectivity index (χ1v) is 4.83. The molecule has 0 aromatic carbocycles. The van der Waals surface area contributed by atoms with Crippen molar-refractivity contribution in [2.75, 3.05) is 40.4 Å². The van der Waals surface area contributed by atoms with Crippen LogP contribution in [-0.4, -0.2) is 57.5 Å². The SMILES string of the molecule is COCCNCC(C)N(C)CC(F)(F)F. The molecule has 0 aliphatic carbocycles. The van der Waals surface area contributed by atoms with Crippen LogP contribution in [0.3, 0.4) is 0 Å². The molecular formula is C9H19F3N2O. The molecule has 0 saturated carbocycles. The third kappa shape index (κ3) is 8.65. The van der Waals surface area contributed by atoms with Crippen molar-refractivity contribution in [1.29, 1.82) is 0 Å². The molecule has 0 fully saturated rings. The normalized spacial score (nSPS) is 14.6. The Morgan fingerprint density at radius 2 is 2.00 bits per heavy atom. The van der Waals surface area contributed by atoms with Gasteiger partial charge in [0.15, 0.2) is 0 Å². The molecule has 0 radical (unpaired) electrons. The Morgan fingerprint density at radius 1 is 1.40 bits per heavy atom. The van der Waals surface area contributed by atoms with E-state index in [2.05, 4.69) is 5.32 Å². The number of rotatable bonds is 7. The number of likely N-dealkylation sites (N-methyl/N-ethyl adjacent to an activating group) is 1. The maximum atomic E-state index is 12.0. The van der Waals surface area contributed by atoms with Gasteiger partial charge in [0.25, 0.3) is 0 Å². The maximum absolute atomic E-state index is 12.0. The number of nitrogens with one attached hydrogen (secondary N) is 1. The molecule has 1 unspecified atom stereocenters. The lowest BCUT2D eigenvalue weighted by Crippen LogP contribution is -2.43. The number of halogens is 3. The number of hydrogen-bond acceptors (Lipinski definition) is 3. The lowest BCUT2D eigenvalue weighted by atomic mass is 10.3. The molecule has 0 aromatic heterocycles. The summed E-state index contributed by atoms with van der Waals surface area (Å²) in [5.41, 5.74) is 0. The molecule has 92 valence electrons.